The van der Waals surface area contributed by atoms with Crippen molar-refractivity contribution in [1.82, 2.24) is 16.0 Å². The molecule has 0 fully saturated rings. The molecule has 0 saturated carbocycles. The number of nitrogens with zero attached hydrogens (tertiary/aromatic N) is 1. The molecule has 2 amide bonds. The topological polar surface area (TPSA) is 94.6 Å². The summed E-state index contributed by atoms with van der Waals surface area (Å²) in [5.41, 5.74) is 3.61. The summed E-state index contributed by atoms with van der Waals surface area (Å²) in [4.78, 5) is 29.2. The Balaban J connectivity index is 1.65. The zero-order valence-corrected chi connectivity index (χ0v) is 19.1. The molecule has 1 heterocycles. The molecule has 0 radical (unpaired) electrons. The zero-order chi connectivity index (χ0) is 22.9. The number of amides is 2. The first-order valence-corrected chi connectivity index (χ1v) is 11.3. The van der Waals surface area contributed by atoms with Gasteiger partial charge in [-0.15, -0.1) is 0 Å². The van der Waals surface area contributed by atoms with Gasteiger partial charge in [-0.05, 0) is 49.6 Å². The van der Waals surface area contributed by atoms with Crippen molar-refractivity contribution in [3.63, 3.8) is 0 Å². The molecule has 2 unspecified atom stereocenters. The first kappa shape index (κ1) is 23.3. The third-order valence-corrected chi connectivity index (χ3v) is 5.57. The van der Waals surface area contributed by atoms with Crippen molar-refractivity contribution in [1.29, 1.82) is 0 Å². The van der Waals surface area contributed by atoms with E-state index >= 15 is 0 Å². The van der Waals surface area contributed by atoms with Gasteiger partial charge in [0, 0.05) is 42.7 Å². The van der Waals surface area contributed by atoms with E-state index in [2.05, 4.69) is 32.3 Å². The van der Waals surface area contributed by atoms with Crippen LogP contribution in [-0.4, -0.2) is 36.9 Å². The fraction of sp³-hybridized carbons (Fsp3) is 0.400. The number of nitrogens with one attached hydrogen (secondary N) is 4. The van der Waals surface area contributed by atoms with E-state index < -0.39 is 0 Å². The molecular formula is C25H33N5O2. The van der Waals surface area contributed by atoms with E-state index in [4.69, 9.17) is 0 Å². The van der Waals surface area contributed by atoms with Gasteiger partial charge < -0.3 is 21.3 Å². The van der Waals surface area contributed by atoms with Crippen LogP contribution < -0.4 is 21.3 Å². The molecule has 7 heteroatoms. The predicted molar refractivity (Wildman–Crippen MR) is 129 cm³/mol. The second-order valence-electron chi connectivity index (χ2n) is 8.10. The average Bonchev–Trinajstić information content (AvgIpc) is 2.80. The van der Waals surface area contributed by atoms with Gasteiger partial charge in [0.15, 0.2) is 5.96 Å². The van der Waals surface area contributed by atoms with Crippen LogP contribution in [0.1, 0.15) is 61.0 Å². The molecule has 0 spiro atoms. The van der Waals surface area contributed by atoms with Gasteiger partial charge >= 0.3 is 0 Å². The minimum Gasteiger partial charge on any atom is -0.357 e. The maximum absolute atomic E-state index is 12.4. The summed E-state index contributed by atoms with van der Waals surface area (Å²) < 4.78 is 0. The number of fused-ring (bicyclic) bond motifs is 1. The summed E-state index contributed by atoms with van der Waals surface area (Å²) in [6, 6.07) is 15.6. The first-order valence-electron chi connectivity index (χ1n) is 11.3. The lowest BCUT2D eigenvalue weighted by Crippen LogP contribution is -2.40. The second-order valence-corrected chi connectivity index (χ2v) is 8.10. The SMILES string of the molecule is CCNC(=NCc1cccc(C(=O)NC(C)CC)c1)NCC1CC(=O)Nc2ccccc21. The minimum atomic E-state index is -0.0653. The molecule has 0 saturated heterocycles. The summed E-state index contributed by atoms with van der Waals surface area (Å²) in [5.74, 6) is 0.733. The highest BCUT2D eigenvalue weighted by Crippen LogP contribution is 2.31. The lowest BCUT2D eigenvalue weighted by Gasteiger charge is -2.26. The van der Waals surface area contributed by atoms with Crippen molar-refractivity contribution in [2.45, 2.75) is 52.1 Å². The number of guanidine groups is 1. The number of carbonyl (C=O) groups is 2. The molecule has 0 bridgehead atoms. The minimum absolute atomic E-state index is 0.0323. The first-order chi connectivity index (χ1) is 15.5. The molecule has 1 aliphatic rings. The Kier molecular flexibility index (Phi) is 8.25. The highest BCUT2D eigenvalue weighted by molar-refractivity contribution is 5.95. The van der Waals surface area contributed by atoms with Crippen LogP contribution in [0.4, 0.5) is 5.69 Å². The highest BCUT2D eigenvalue weighted by Gasteiger charge is 2.24. The third-order valence-electron chi connectivity index (χ3n) is 5.57. The van der Waals surface area contributed by atoms with Gasteiger partial charge in [-0.3, -0.25) is 9.59 Å². The van der Waals surface area contributed by atoms with E-state index in [1.54, 1.807) is 0 Å². The van der Waals surface area contributed by atoms with E-state index in [-0.39, 0.29) is 23.8 Å². The molecule has 2 aromatic rings. The van der Waals surface area contributed by atoms with E-state index in [1.807, 2.05) is 63.2 Å². The van der Waals surface area contributed by atoms with Crippen molar-refractivity contribution >= 4 is 23.5 Å². The van der Waals surface area contributed by atoms with Gasteiger partial charge in [-0.1, -0.05) is 37.3 Å². The Morgan fingerprint density at radius 1 is 1.16 bits per heavy atom. The Morgan fingerprint density at radius 3 is 2.75 bits per heavy atom. The Morgan fingerprint density at radius 2 is 1.97 bits per heavy atom. The maximum Gasteiger partial charge on any atom is 0.251 e. The van der Waals surface area contributed by atoms with Crippen LogP contribution in [0.2, 0.25) is 0 Å². The number of aliphatic imine (C=N–C) groups is 1. The highest BCUT2D eigenvalue weighted by atomic mass is 16.2. The fourth-order valence-corrected chi connectivity index (χ4v) is 3.64. The number of benzene rings is 2. The van der Waals surface area contributed by atoms with Crippen molar-refractivity contribution in [3.8, 4) is 0 Å². The molecule has 2 atom stereocenters. The van der Waals surface area contributed by atoms with Crippen molar-refractivity contribution < 1.29 is 9.59 Å². The van der Waals surface area contributed by atoms with Crippen LogP contribution in [0.15, 0.2) is 53.5 Å². The number of carbonyl (C=O) groups excluding carboxylic acids is 2. The van der Waals surface area contributed by atoms with Crippen LogP contribution in [0, 0.1) is 0 Å². The lowest BCUT2D eigenvalue weighted by molar-refractivity contribution is -0.116. The summed E-state index contributed by atoms with van der Waals surface area (Å²) in [5, 5.41) is 12.6. The van der Waals surface area contributed by atoms with Gasteiger partial charge in [0.1, 0.15) is 0 Å². The molecule has 1 aliphatic heterocycles. The van der Waals surface area contributed by atoms with Crippen LogP contribution in [-0.2, 0) is 11.3 Å². The molecule has 7 nitrogen and oxygen atoms in total. The Labute approximate surface area is 190 Å². The van der Waals surface area contributed by atoms with Gasteiger partial charge in [0.25, 0.3) is 5.91 Å². The molecule has 2 aromatic carbocycles. The molecule has 32 heavy (non-hydrogen) atoms. The number of para-hydroxylation sites is 1. The van der Waals surface area contributed by atoms with Crippen molar-refractivity contribution in [3.05, 3.63) is 65.2 Å². The van der Waals surface area contributed by atoms with E-state index in [0.717, 1.165) is 29.8 Å². The molecular weight excluding hydrogens is 402 g/mol. The quantitative estimate of drug-likeness (QED) is 0.378. The summed E-state index contributed by atoms with van der Waals surface area (Å²) >= 11 is 0. The molecule has 3 rings (SSSR count). The predicted octanol–water partition coefficient (Wildman–Crippen LogP) is 3.40. The van der Waals surface area contributed by atoms with Crippen LogP contribution in [0.3, 0.4) is 0 Å². The third kappa shape index (κ3) is 6.33. The van der Waals surface area contributed by atoms with Gasteiger partial charge in [0.05, 0.1) is 6.54 Å². The van der Waals surface area contributed by atoms with E-state index in [1.165, 1.54) is 0 Å². The number of hydrogen-bond donors (Lipinski definition) is 4. The van der Waals surface area contributed by atoms with Crippen LogP contribution >= 0.6 is 0 Å². The monoisotopic (exact) mass is 435 g/mol. The van der Waals surface area contributed by atoms with Crippen molar-refractivity contribution in [2.24, 2.45) is 4.99 Å². The summed E-state index contributed by atoms with van der Waals surface area (Å²) in [6.45, 7) is 7.83. The molecule has 170 valence electrons. The molecule has 0 aliphatic carbocycles. The number of rotatable bonds is 8. The second kappa shape index (κ2) is 11.3. The number of anilines is 1. The number of hydrogen-bond acceptors (Lipinski definition) is 3. The van der Waals surface area contributed by atoms with Gasteiger partial charge in [-0.2, -0.15) is 0 Å². The van der Waals surface area contributed by atoms with Gasteiger partial charge in [-0.25, -0.2) is 4.99 Å². The normalized spacial score (nSPS) is 16.5. The van der Waals surface area contributed by atoms with Crippen LogP contribution in [0.25, 0.3) is 0 Å². The van der Waals surface area contributed by atoms with Crippen molar-refractivity contribution in [2.75, 3.05) is 18.4 Å². The Hall–Kier alpha value is -3.35. The summed E-state index contributed by atoms with van der Waals surface area (Å²) in [6.07, 6.45) is 1.33. The van der Waals surface area contributed by atoms with E-state index in [0.29, 0.717) is 31.0 Å². The smallest absolute Gasteiger partial charge is 0.251 e. The molecule has 0 aromatic heterocycles. The average molecular weight is 436 g/mol. The largest absolute Gasteiger partial charge is 0.357 e. The van der Waals surface area contributed by atoms with E-state index in [9.17, 15) is 9.59 Å². The fourth-order valence-electron chi connectivity index (χ4n) is 3.64. The maximum atomic E-state index is 12.4. The Bertz CT molecular complexity index is 972. The zero-order valence-electron chi connectivity index (χ0n) is 19.1. The standard InChI is InChI=1S/C25H33N5O2/c1-4-17(3)29-24(32)19-10-8-9-18(13-19)15-27-25(26-5-2)28-16-20-14-23(31)30-22-12-7-6-11-21(20)22/h6-13,17,20H,4-5,14-16H2,1-3H3,(H,29,32)(H,30,31)(H2,26,27,28). The lowest BCUT2D eigenvalue weighted by atomic mass is 9.90. The van der Waals surface area contributed by atoms with Gasteiger partial charge in [0.2, 0.25) is 5.91 Å². The van der Waals surface area contributed by atoms with Crippen LogP contribution in [0.5, 0.6) is 0 Å². The molecule has 4 N–H and O–H groups in total. The summed E-state index contributed by atoms with van der Waals surface area (Å²) in [7, 11) is 0.